The third-order valence-corrected chi connectivity index (χ3v) is 4.86. The molecular weight excluding hydrogens is 409 g/mol. The Morgan fingerprint density at radius 2 is 2.23 bits per heavy atom. The van der Waals surface area contributed by atoms with Crippen molar-refractivity contribution in [1.29, 1.82) is 0 Å². The summed E-state index contributed by atoms with van der Waals surface area (Å²) in [6, 6.07) is 4.30. The van der Waals surface area contributed by atoms with Crippen LogP contribution < -0.4 is 10.6 Å². The highest BCUT2D eigenvalue weighted by Crippen LogP contribution is 2.45. The summed E-state index contributed by atoms with van der Waals surface area (Å²) in [6.45, 7) is 7.08. The zero-order valence-corrected chi connectivity index (χ0v) is 16.6. The average molecular weight is 437 g/mol. The van der Waals surface area contributed by atoms with Crippen LogP contribution >= 0.6 is 35.3 Å². The molecule has 0 amide bonds. The van der Waals surface area contributed by atoms with E-state index in [9.17, 15) is 5.11 Å². The standard InChI is InChI=1S/C16H27N3OS.HI/c1-3-17-15(19-11-16(12-20)6-7-16)18-10-13(2)9-14-5-4-8-21-14;/h4-5,8,13,20H,3,6-7,9-12H2,1-2H3,(H2,17,18,19);1H. The summed E-state index contributed by atoms with van der Waals surface area (Å²) in [5.41, 5.74) is 0.0743. The Bertz CT molecular complexity index is 446. The van der Waals surface area contributed by atoms with Gasteiger partial charge in [-0.3, -0.25) is 4.99 Å². The molecular formula is C16H28IN3OS. The highest BCUT2D eigenvalue weighted by Gasteiger charge is 2.41. The topological polar surface area (TPSA) is 56.7 Å². The minimum Gasteiger partial charge on any atom is -0.396 e. The molecule has 4 nitrogen and oxygen atoms in total. The maximum Gasteiger partial charge on any atom is 0.191 e. The van der Waals surface area contributed by atoms with Gasteiger partial charge < -0.3 is 15.7 Å². The first-order chi connectivity index (χ1) is 10.2. The lowest BCUT2D eigenvalue weighted by Crippen LogP contribution is -2.40. The zero-order chi connectivity index (χ0) is 15.1. The number of rotatable bonds is 8. The van der Waals surface area contributed by atoms with Crippen LogP contribution in [-0.2, 0) is 6.42 Å². The molecule has 1 saturated carbocycles. The predicted molar refractivity (Wildman–Crippen MR) is 105 cm³/mol. The van der Waals surface area contributed by atoms with Gasteiger partial charge in [0.25, 0.3) is 0 Å². The molecule has 126 valence electrons. The summed E-state index contributed by atoms with van der Waals surface area (Å²) in [5.74, 6) is 1.44. The average Bonchev–Trinajstić information content (AvgIpc) is 3.10. The number of aliphatic hydroxyl groups is 1. The minimum atomic E-state index is 0. The van der Waals surface area contributed by atoms with Crippen LogP contribution in [0, 0.1) is 11.3 Å². The zero-order valence-electron chi connectivity index (χ0n) is 13.5. The van der Waals surface area contributed by atoms with Gasteiger partial charge in [0.05, 0.1) is 13.2 Å². The van der Waals surface area contributed by atoms with Crippen LogP contribution in [-0.4, -0.2) is 37.3 Å². The number of aliphatic hydroxyl groups excluding tert-OH is 1. The van der Waals surface area contributed by atoms with Gasteiger partial charge in [0.15, 0.2) is 5.96 Å². The first-order valence-corrected chi connectivity index (χ1v) is 8.71. The normalized spacial score (nSPS) is 17.5. The molecule has 1 aromatic rings. The molecule has 22 heavy (non-hydrogen) atoms. The molecule has 2 rings (SSSR count). The van der Waals surface area contributed by atoms with E-state index < -0.39 is 0 Å². The number of thiophene rings is 1. The molecule has 0 aliphatic heterocycles. The second-order valence-electron chi connectivity index (χ2n) is 6.12. The van der Waals surface area contributed by atoms with Crippen molar-refractivity contribution in [3.8, 4) is 0 Å². The smallest absolute Gasteiger partial charge is 0.191 e. The molecule has 1 aliphatic carbocycles. The molecule has 1 atom stereocenters. The quantitative estimate of drug-likeness (QED) is 0.333. The molecule has 1 aliphatic rings. The Morgan fingerprint density at radius 1 is 1.45 bits per heavy atom. The van der Waals surface area contributed by atoms with Crippen LogP contribution in [0.4, 0.5) is 0 Å². The molecule has 1 aromatic heterocycles. The lowest BCUT2D eigenvalue weighted by atomic mass is 10.1. The minimum absolute atomic E-state index is 0. The third-order valence-electron chi connectivity index (χ3n) is 3.96. The monoisotopic (exact) mass is 437 g/mol. The van der Waals surface area contributed by atoms with Crippen molar-refractivity contribution in [3.63, 3.8) is 0 Å². The lowest BCUT2D eigenvalue weighted by molar-refractivity contribution is 0.217. The summed E-state index contributed by atoms with van der Waals surface area (Å²) in [7, 11) is 0. The highest BCUT2D eigenvalue weighted by atomic mass is 127. The number of aliphatic imine (C=N–C) groups is 1. The molecule has 3 N–H and O–H groups in total. The van der Waals surface area contributed by atoms with Crippen LogP contribution in [0.5, 0.6) is 0 Å². The fourth-order valence-corrected chi connectivity index (χ4v) is 3.12. The van der Waals surface area contributed by atoms with Crippen LogP contribution in [0.1, 0.15) is 31.6 Å². The van der Waals surface area contributed by atoms with Gasteiger partial charge in [-0.1, -0.05) is 13.0 Å². The van der Waals surface area contributed by atoms with Crippen molar-refractivity contribution in [2.24, 2.45) is 16.3 Å². The number of nitrogens with one attached hydrogen (secondary N) is 2. The molecule has 0 spiro atoms. The van der Waals surface area contributed by atoms with Gasteiger partial charge in [-0.25, -0.2) is 0 Å². The number of guanidine groups is 1. The van der Waals surface area contributed by atoms with E-state index in [1.807, 2.05) is 11.3 Å². The fraction of sp³-hybridized carbons (Fsp3) is 0.688. The van der Waals surface area contributed by atoms with Crippen molar-refractivity contribution in [2.75, 3.05) is 26.2 Å². The maximum atomic E-state index is 9.35. The van der Waals surface area contributed by atoms with Crippen molar-refractivity contribution in [2.45, 2.75) is 33.1 Å². The van der Waals surface area contributed by atoms with Crippen LogP contribution in [0.3, 0.4) is 0 Å². The number of hydrogen-bond acceptors (Lipinski definition) is 3. The van der Waals surface area contributed by atoms with Crippen molar-refractivity contribution in [1.82, 2.24) is 10.6 Å². The van der Waals surface area contributed by atoms with Gasteiger partial charge in [0.2, 0.25) is 0 Å². The maximum absolute atomic E-state index is 9.35. The Balaban J connectivity index is 0.00000242. The first-order valence-electron chi connectivity index (χ1n) is 7.83. The molecule has 0 radical (unpaired) electrons. The van der Waals surface area contributed by atoms with Gasteiger partial charge in [-0.15, -0.1) is 35.3 Å². The van der Waals surface area contributed by atoms with Gasteiger partial charge in [0, 0.05) is 23.4 Å². The number of halogens is 1. The van der Waals surface area contributed by atoms with E-state index in [0.717, 1.165) is 44.9 Å². The molecule has 1 unspecified atom stereocenters. The Hall–Kier alpha value is -0.340. The molecule has 1 heterocycles. The Morgan fingerprint density at radius 3 is 2.77 bits per heavy atom. The molecule has 0 saturated heterocycles. The van der Waals surface area contributed by atoms with Gasteiger partial charge in [-0.05, 0) is 43.6 Å². The SMILES string of the molecule is CCNC(=NCC1(CO)CC1)NCC(C)Cc1cccs1.I. The predicted octanol–water partition coefficient (Wildman–Crippen LogP) is 2.87. The van der Waals surface area contributed by atoms with E-state index in [2.05, 4.69) is 47.0 Å². The molecule has 0 aromatic carbocycles. The molecule has 0 bridgehead atoms. The Kier molecular flexibility index (Phi) is 8.71. The summed E-state index contributed by atoms with van der Waals surface area (Å²) in [4.78, 5) is 6.06. The van der Waals surface area contributed by atoms with Crippen LogP contribution in [0.15, 0.2) is 22.5 Å². The van der Waals surface area contributed by atoms with E-state index in [-0.39, 0.29) is 36.0 Å². The van der Waals surface area contributed by atoms with E-state index in [0.29, 0.717) is 5.92 Å². The van der Waals surface area contributed by atoms with Crippen molar-refractivity contribution in [3.05, 3.63) is 22.4 Å². The largest absolute Gasteiger partial charge is 0.396 e. The van der Waals surface area contributed by atoms with E-state index in [4.69, 9.17) is 0 Å². The highest BCUT2D eigenvalue weighted by molar-refractivity contribution is 14.0. The summed E-state index contributed by atoms with van der Waals surface area (Å²) < 4.78 is 0. The van der Waals surface area contributed by atoms with E-state index >= 15 is 0 Å². The second-order valence-corrected chi connectivity index (χ2v) is 7.16. The van der Waals surface area contributed by atoms with Crippen molar-refractivity contribution < 1.29 is 5.11 Å². The van der Waals surface area contributed by atoms with Gasteiger partial charge in [-0.2, -0.15) is 0 Å². The fourth-order valence-electron chi connectivity index (χ4n) is 2.25. The van der Waals surface area contributed by atoms with Gasteiger partial charge in [0.1, 0.15) is 0 Å². The number of nitrogens with zero attached hydrogens (tertiary/aromatic N) is 1. The second kappa shape index (κ2) is 9.72. The summed E-state index contributed by atoms with van der Waals surface area (Å²) in [6.07, 6.45) is 3.30. The third kappa shape index (κ3) is 6.42. The van der Waals surface area contributed by atoms with Crippen molar-refractivity contribution >= 4 is 41.3 Å². The Labute approximate surface area is 154 Å². The lowest BCUT2D eigenvalue weighted by Gasteiger charge is -2.16. The summed E-state index contributed by atoms with van der Waals surface area (Å²) >= 11 is 1.82. The van der Waals surface area contributed by atoms with E-state index in [1.165, 1.54) is 4.88 Å². The van der Waals surface area contributed by atoms with Crippen LogP contribution in [0.25, 0.3) is 0 Å². The first kappa shape index (κ1) is 19.7. The van der Waals surface area contributed by atoms with Gasteiger partial charge >= 0.3 is 0 Å². The number of hydrogen-bond donors (Lipinski definition) is 3. The molecule has 1 fully saturated rings. The molecule has 6 heteroatoms. The summed E-state index contributed by atoms with van der Waals surface area (Å²) in [5, 5.41) is 18.2. The van der Waals surface area contributed by atoms with Crippen LogP contribution in [0.2, 0.25) is 0 Å². The van der Waals surface area contributed by atoms with E-state index in [1.54, 1.807) is 0 Å².